The van der Waals surface area contributed by atoms with E-state index in [0.717, 1.165) is 5.03 Å². The van der Waals surface area contributed by atoms with Crippen LogP contribution in [-0.2, 0) is 4.79 Å². The van der Waals surface area contributed by atoms with E-state index in [0.29, 0.717) is 11.4 Å². The summed E-state index contributed by atoms with van der Waals surface area (Å²) in [6.45, 7) is 1.80. The van der Waals surface area contributed by atoms with E-state index in [4.69, 9.17) is 4.74 Å². The first-order chi connectivity index (χ1) is 10.1. The smallest absolute Gasteiger partial charge is 0.237 e. The summed E-state index contributed by atoms with van der Waals surface area (Å²) in [6, 6.07) is 10.3. The van der Waals surface area contributed by atoms with Crippen molar-refractivity contribution in [3.63, 3.8) is 0 Å². The van der Waals surface area contributed by atoms with Crippen molar-refractivity contribution in [2.45, 2.75) is 17.2 Å². The molecule has 2 rings (SSSR count). The summed E-state index contributed by atoms with van der Waals surface area (Å²) < 4.78 is 4.96. The number of hydrogen-bond acceptors (Lipinski definition) is 5. The number of hydrogen-bond donors (Lipinski definition) is 2. The number of phenols is 1. The molecule has 0 bridgehead atoms. The molecule has 21 heavy (non-hydrogen) atoms. The van der Waals surface area contributed by atoms with Crippen molar-refractivity contribution in [2.24, 2.45) is 0 Å². The lowest BCUT2D eigenvalue weighted by Gasteiger charge is -2.12. The lowest BCUT2D eigenvalue weighted by Crippen LogP contribution is -2.22. The summed E-state index contributed by atoms with van der Waals surface area (Å²) in [4.78, 5) is 16.3. The number of benzene rings is 1. The SMILES string of the molecule is COc1ccc(NC(=O)C(C)Sc2ccccn2)cc1O. The maximum Gasteiger partial charge on any atom is 0.237 e. The highest BCUT2D eigenvalue weighted by Gasteiger charge is 2.15. The van der Waals surface area contributed by atoms with Gasteiger partial charge in [-0.1, -0.05) is 17.8 Å². The van der Waals surface area contributed by atoms with Crippen LogP contribution in [0.2, 0.25) is 0 Å². The Kier molecular flexibility index (Phi) is 5.05. The quantitative estimate of drug-likeness (QED) is 0.831. The molecule has 1 aromatic carbocycles. The lowest BCUT2D eigenvalue weighted by atomic mass is 10.2. The molecular formula is C15H16N2O3S. The summed E-state index contributed by atoms with van der Waals surface area (Å²) >= 11 is 1.37. The monoisotopic (exact) mass is 304 g/mol. The number of ether oxygens (including phenoxy) is 1. The highest BCUT2D eigenvalue weighted by Crippen LogP contribution is 2.29. The van der Waals surface area contributed by atoms with E-state index in [-0.39, 0.29) is 16.9 Å². The van der Waals surface area contributed by atoms with Gasteiger partial charge in [-0.15, -0.1) is 0 Å². The van der Waals surface area contributed by atoms with Gasteiger partial charge in [0.05, 0.1) is 17.4 Å². The van der Waals surface area contributed by atoms with Crippen LogP contribution in [0, 0.1) is 0 Å². The van der Waals surface area contributed by atoms with Gasteiger partial charge in [-0.3, -0.25) is 4.79 Å². The third-order valence-electron chi connectivity index (χ3n) is 2.75. The first-order valence-corrected chi connectivity index (χ1v) is 7.23. The number of methoxy groups -OCH3 is 1. The summed E-state index contributed by atoms with van der Waals surface area (Å²) in [5, 5.41) is 12.9. The van der Waals surface area contributed by atoms with Gasteiger partial charge in [0.2, 0.25) is 5.91 Å². The topological polar surface area (TPSA) is 71.5 Å². The van der Waals surface area contributed by atoms with Gasteiger partial charge in [0.15, 0.2) is 11.5 Å². The fourth-order valence-electron chi connectivity index (χ4n) is 1.66. The minimum absolute atomic E-state index is 0.0136. The first-order valence-electron chi connectivity index (χ1n) is 6.35. The molecule has 0 aliphatic carbocycles. The molecule has 0 aliphatic heterocycles. The number of nitrogens with zero attached hydrogens (tertiary/aromatic N) is 1. The van der Waals surface area contributed by atoms with Crippen molar-refractivity contribution in [3.05, 3.63) is 42.6 Å². The van der Waals surface area contributed by atoms with E-state index in [1.54, 1.807) is 25.3 Å². The van der Waals surface area contributed by atoms with Crippen molar-refractivity contribution < 1.29 is 14.6 Å². The average Bonchev–Trinajstić information content (AvgIpc) is 2.48. The molecule has 2 aromatic rings. The van der Waals surface area contributed by atoms with E-state index >= 15 is 0 Å². The Bertz CT molecular complexity index is 620. The van der Waals surface area contributed by atoms with Gasteiger partial charge in [-0.05, 0) is 31.2 Å². The second kappa shape index (κ2) is 6.99. The van der Waals surface area contributed by atoms with Gasteiger partial charge < -0.3 is 15.2 Å². The number of pyridine rings is 1. The Hall–Kier alpha value is -2.21. The van der Waals surface area contributed by atoms with Crippen LogP contribution in [0.1, 0.15) is 6.92 Å². The van der Waals surface area contributed by atoms with E-state index in [1.807, 2.05) is 18.2 Å². The molecule has 2 N–H and O–H groups in total. The van der Waals surface area contributed by atoms with Crippen molar-refractivity contribution in [2.75, 3.05) is 12.4 Å². The number of aromatic hydroxyl groups is 1. The van der Waals surface area contributed by atoms with Gasteiger partial charge in [0, 0.05) is 18.0 Å². The number of nitrogens with one attached hydrogen (secondary N) is 1. The summed E-state index contributed by atoms with van der Waals surface area (Å²) in [6.07, 6.45) is 1.69. The highest BCUT2D eigenvalue weighted by atomic mass is 32.2. The average molecular weight is 304 g/mol. The standard InChI is InChI=1S/C15H16N2O3S/c1-10(21-14-5-3-4-8-16-14)15(19)17-11-6-7-13(20-2)12(18)9-11/h3-10,18H,1-2H3,(H,17,19). The number of thioether (sulfide) groups is 1. The molecule has 0 fully saturated rings. The van der Waals surface area contributed by atoms with Gasteiger partial charge in [-0.25, -0.2) is 4.98 Å². The maximum atomic E-state index is 12.1. The van der Waals surface area contributed by atoms with Gasteiger partial charge >= 0.3 is 0 Å². The molecule has 1 unspecified atom stereocenters. The largest absolute Gasteiger partial charge is 0.504 e. The molecule has 1 heterocycles. The Labute approximate surface area is 127 Å². The summed E-state index contributed by atoms with van der Waals surface area (Å²) in [5.41, 5.74) is 0.520. The van der Waals surface area contributed by atoms with E-state index in [2.05, 4.69) is 10.3 Å². The second-order valence-corrected chi connectivity index (χ2v) is 5.67. The number of aromatic nitrogens is 1. The summed E-state index contributed by atoms with van der Waals surface area (Å²) in [7, 11) is 1.47. The van der Waals surface area contributed by atoms with Crippen molar-refractivity contribution >= 4 is 23.4 Å². The van der Waals surface area contributed by atoms with E-state index in [9.17, 15) is 9.90 Å². The molecule has 5 nitrogen and oxygen atoms in total. The van der Waals surface area contributed by atoms with Crippen LogP contribution in [0.3, 0.4) is 0 Å². The first kappa shape index (κ1) is 15.2. The van der Waals surface area contributed by atoms with Crippen molar-refractivity contribution in [1.82, 2.24) is 4.98 Å². The molecule has 1 atom stereocenters. The fourth-order valence-corrected chi connectivity index (χ4v) is 2.47. The molecule has 6 heteroatoms. The number of anilines is 1. The van der Waals surface area contributed by atoms with Crippen LogP contribution >= 0.6 is 11.8 Å². The molecule has 1 amide bonds. The van der Waals surface area contributed by atoms with Crippen LogP contribution in [0.5, 0.6) is 11.5 Å². The van der Waals surface area contributed by atoms with Crippen LogP contribution in [-0.4, -0.2) is 28.4 Å². The van der Waals surface area contributed by atoms with Gasteiger partial charge in [0.1, 0.15) is 0 Å². The minimum atomic E-state index is -0.302. The van der Waals surface area contributed by atoms with Crippen LogP contribution < -0.4 is 10.1 Å². The zero-order valence-electron chi connectivity index (χ0n) is 11.7. The predicted molar refractivity (Wildman–Crippen MR) is 82.8 cm³/mol. The number of amides is 1. The molecule has 0 saturated carbocycles. The number of phenolic OH excluding ortho intramolecular Hbond substituents is 1. The fraction of sp³-hybridized carbons (Fsp3) is 0.200. The molecular weight excluding hydrogens is 288 g/mol. The zero-order chi connectivity index (χ0) is 15.2. The van der Waals surface area contributed by atoms with Crippen LogP contribution in [0.15, 0.2) is 47.6 Å². The lowest BCUT2D eigenvalue weighted by molar-refractivity contribution is -0.115. The van der Waals surface area contributed by atoms with E-state index < -0.39 is 0 Å². The van der Waals surface area contributed by atoms with E-state index in [1.165, 1.54) is 24.9 Å². The molecule has 0 saturated heterocycles. The zero-order valence-corrected chi connectivity index (χ0v) is 12.6. The van der Waals surface area contributed by atoms with Gasteiger partial charge in [-0.2, -0.15) is 0 Å². The molecule has 1 aromatic heterocycles. The molecule has 110 valence electrons. The maximum absolute atomic E-state index is 12.1. The van der Waals surface area contributed by atoms with Crippen LogP contribution in [0.25, 0.3) is 0 Å². The van der Waals surface area contributed by atoms with Crippen molar-refractivity contribution in [3.8, 4) is 11.5 Å². The molecule has 0 spiro atoms. The third-order valence-corrected chi connectivity index (χ3v) is 3.80. The second-order valence-electron chi connectivity index (χ2n) is 4.30. The Morgan fingerprint density at radius 3 is 2.81 bits per heavy atom. The molecule has 0 aliphatic rings. The predicted octanol–water partition coefficient (Wildman–Crippen LogP) is 2.92. The normalized spacial score (nSPS) is 11.7. The number of carbonyl (C=O) groups is 1. The number of rotatable bonds is 5. The molecule has 0 radical (unpaired) electrons. The minimum Gasteiger partial charge on any atom is -0.504 e. The Morgan fingerprint density at radius 2 is 2.19 bits per heavy atom. The summed E-state index contributed by atoms with van der Waals surface area (Å²) in [5.74, 6) is 0.194. The van der Waals surface area contributed by atoms with Crippen LogP contribution in [0.4, 0.5) is 5.69 Å². The highest BCUT2D eigenvalue weighted by molar-refractivity contribution is 8.00. The van der Waals surface area contributed by atoms with Gasteiger partial charge in [0.25, 0.3) is 0 Å². The Morgan fingerprint density at radius 1 is 1.38 bits per heavy atom. The Balaban J connectivity index is 1.99. The van der Waals surface area contributed by atoms with Crippen molar-refractivity contribution in [1.29, 1.82) is 0 Å². The number of carbonyl (C=O) groups excluding carboxylic acids is 1. The third kappa shape index (κ3) is 4.13.